The molecule has 0 radical (unpaired) electrons. The number of carboxylic acid groups (broad SMARTS) is 1. The van der Waals surface area contributed by atoms with Gasteiger partial charge in [0.15, 0.2) is 5.69 Å². The summed E-state index contributed by atoms with van der Waals surface area (Å²) in [5.74, 6) is -1.02. The van der Waals surface area contributed by atoms with Gasteiger partial charge < -0.3 is 5.11 Å². The summed E-state index contributed by atoms with van der Waals surface area (Å²) in [5, 5.41) is 22.0. The van der Waals surface area contributed by atoms with Gasteiger partial charge in [-0.2, -0.15) is 21.5 Å². The Labute approximate surface area is 141 Å². The van der Waals surface area contributed by atoms with E-state index >= 15 is 0 Å². The zero-order valence-corrected chi connectivity index (χ0v) is 13.7. The molecule has 0 bridgehead atoms. The van der Waals surface area contributed by atoms with Crippen LogP contribution in [0.2, 0.25) is 0 Å². The first-order chi connectivity index (χ1) is 11.6. The number of aromatic nitrogens is 4. The Bertz CT molecular complexity index is 1030. The Morgan fingerprint density at radius 2 is 2.12 bits per heavy atom. The van der Waals surface area contributed by atoms with E-state index in [1.165, 1.54) is 0 Å². The summed E-state index contributed by atoms with van der Waals surface area (Å²) in [6.45, 7) is 2.31. The molecule has 4 aromatic rings. The lowest BCUT2D eigenvalue weighted by Gasteiger charge is -2.06. The van der Waals surface area contributed by atoms with Crippen LogP contribution >= 0.6 is 11.3 Å². The molecule has 4 heterocycles. The van der Waals surface area contributed by atoms with Gasteiger partial charge in [-0.05, 0) is 42.6 Å². The normalized spacial score (nSPS) is 11.2. The second kappa shape index (κ2) is 5.61. The Morgan fingerprint density at radius 3 is 2.83 bits per heavy atom. The van der Waals surface area contributed by atoms with Gasteiger partial charge in [-0.15, -0.1) is 0 Å². The van der Waals surface area contributed by atoms with E-state index in [1.807, 2.05) is 47.2 Å². The van der Waals surface area contributed by atoms with E-state index in [4.69, 9.17) is 5.11 Å². The molecule has 0 aliphatic carbocycles. The summed E-state index contributed by atoms with van der Waals surface area (Å²) in [4.78, 5) is 11.1. The van der Waals surface area contributed by atoms with Crippen molar-refractivity contribution >= 4 is 22.8 Å². The van der Waals surface area contributed by atoms with Crippen LogP contribution in [0.5, 0.6) is 0 Å². The molecular weight excluding hydrogens is 324 g/mol. The maximum Gasteiger partial charge on any atom is 0.356 e. The number of carbonyl (C=O) groups is 1. The highest BCUT2D eigenvalue weighted by Gasteiger charge is 2.13. The van der Waals surface area contributed by atoms with Crippen molar-refractivity contribution in [3.63, 3.8) is 0 Å². The summed E-state index contributed by atoms with van der Waals surface area (Å²) >= 11 is 1.64. The minimum Gasteiger partial charge on any atom is -0.476 e. The lowest BCUT2D eigenvalue weighted by atomic mass is 10.2. The van der Waals surface area contributed by atoms with Gasteiger partial charge in [0.2, 0.25) is 0 Å². The number of hydrogen-bond donors (Lipinski definition) is 1. The Hall–Kier alpha value is -2.93. The van der Waals surface area contributed by atoms with E-state index in [-0.39, 0.29) is 5.69 Å². The van der Waals surface area contributed by atoms with Gasteiger partial charge in [-0.25, -0.2) is 9.31 Å². The lowest BCUT2D eigenvalue weighted by Crippen LogP contribution is -2.09. The fourth-order valence-electron chi connectivity index (χ4n) is 2.67. The van der Waals surface area contributed by atoms with Crippen LogP contribution in [0, 0.1) is 6.92 Å². The monoisotopic (exact) mass is 338 g/mol. The average molecular weight is 338 g/mol. The molecule has 1 N–H and O–H groups in total. The van der Waals surface area contributed by atoms with Gasteiger partial charge in [0.1, 0.15) is 0 Å². The Balaban J connectivity index is 1.75. The molecule has 0 unspecified atom stereocenters. The summed E-state index contributed by atoms with van der Waals surface area (Å²) in [5.41, 5.74) is 4.81. The molecule has 0 saturated carbocycles. The molecule has 6 nitrogen and oxygen atoms in total. The van der Waals surface area contributed by atoms with Crippen molar-refractivity contribution < 1.29 is 9.90 Å². The topological polar surface area (TPSA) is 72.4 Å². The van der Waals surface area contributed by atoms with Crippen molar-refractivity contribution in [3.05, 3.63) is 64.2 Å². The highest BCUT2D eigenvalue weighted by Crippen LogP contribution is 2.23. The molecule has 4 rings (SSSR count). The number of thiophene rings is 1. The van der Waals surface area contributed by atoms with Crippen LogP contribution in [0.25, 0.3) is 16.8 Å². The van der Waals surface area contributed by atoms with E-state index in [9.17, 15) is 4.79 Å². The highest BCUT2D eigenvalue weighted by molar-refractivity contribution is 7.08. The third-order valence-electron chi connectivity index (χ3n) is 3.89. The van der Waals surface area contributed by atoms with Crippen LogP contribution in [0.1, 0.15) is 21.9 Å². The second-order valence-electron chi connectivity index (χ2n) is 5.53. The number of aryl methyl sites for hydroxylation is 1. The smallest absolute Gasteiger partial charge is 0.356 e. The summed E-state index contributed by atoms with van der Waals surface area (Å²) < 4.78 is 3.57. The standard InChI is InChI=1S/C17H14N4O2S/c1-11-7-16(17(22)23)18-20(11)9-14-4-2-3-13-8-15(19-21(13)14)12-5-6-24-10-12/h2-8,10H,9H2,1H3,(H,22,23). The molecule has 0 aliphatic rings. The summed E-state index contributed by atoms with van der Waals surface area (Å²) in [6.07, 6.45) is 0. The zero-order valence-electron chi connectivity index (χ0n) is 12.9. The molecule has 0 fully saturated rings. The fourth-order valence-corrected chi connectivity index (χ4v) is 3.32. The Morgan fingerprint density at radius 1 is 1.25 bits per heavy atom. The molecule has 0 aliphatic heterocycles. The molecule has 120 valence electrons. The largest absolute Gasteiger partial charge is 0.476 e. The van der Waals surface area contributed by atoms with Gasteiger partial charge in [-0.3, -0.25) is 4.68 Å². The molecule has 0 spiro atoms. The molecule has 4 aromatic heterocycles. The summed E-state index contributed by atoms with van der Waals surface area (Å²) in [7, 11) is 0. The first-order valence-electron chi connectivity index (χ1n) is 7.40. The van der Waals surface area contributed by atoms with Crippen molar-refractivity contribution in [2.24, 2.45) is 0 Å². The van der Waals surface area contributed by atoms with Gasteiger partial charge in [0.05, 0.1) is 23.4 Å². The highest BCUT2D eigenvalue weighted by atomic mass is 32.1. The third-order valence-corrected chi connectivity index (χ3v) is 4.58. The number of fused-ring (bicyclic) bond motifs is 1. The van der Waals surface area contributed by atoms with Crippen molar-refractivity contribution in [1.82, 2.24) is 19.4 Å². The number of carboxylic acids is 1. The van der Waals surface area contributed by atoms with Gasteiger partial charge in [-0.1, -0.05) is 6.07 Å². The first-order valence-corrected chi connectivity index (χ1v) is 8.34. The van der Waals surface area contributed by atoms with Crippen LogP contribution in [-0.2, 0) is 6.54 Å². The van der Waals surface area contributed by atoms with Crippen LogP contribution < -0.4 is 0 Å². The number of pyridine rings is 1. The minimum atomic E-state index is -1.02. The molecule has 0 saturated heterocycles. The minimum absolute atomic E-state index is 0.0547. The van der Waals surface area contributed by atoms with E-state index in [0.717, 1.165) is 28.2 Å². The van der Waals surface area contributed by atoms with Crippen LogP contribution in [-0.4, -0.2) is 30.5 Å². The SMILES string of the molecule is Cc1cc(C(=O)O)nn1Cc1cccc2cc(-c3ccsc3)nn12. The van der Waals surface area contributed by atoms with Crippen molar-refractivity contribution in [3.8, 4) is 11.3 Å². The summed E-state index contributed by atoms with van der Waals surface area (Å²) in [6, 6.07) is 11.6. The number of rotatable bonds is 4. The van der Waals surface area contributed by atoms with E-state index in [2.05, 4.69) is 15.6 Å². The third kappa shape index (κ3) is 2.48. The molecule has 24 heavy (non-hydrogen) atoms. The zero-order chi connectivity index (χ0) is 16.7. The molecule has 7 heteroatoms. The van der Waals surface area contributed by atoms with Crippen molar-refractivity contribution in [2.75, 3.05) is 0 Å². The van der Waals surface area contributed by atoms with Gasteiger partial charge in [0, 0.05) is 16.6 Å². The number of nitrogens with zero attached hydrogens (tertiary/aromatic N) is 4. The molecule has 0 amide bonds. The van der Waals surface area contributed by atoms with E-state index < -0.39 is 5.97 Å². The fraction of sp³-hybridized carbons (Fsp3) is 0.118. The van der Waals surface area contributed by atoms with Gasteiger partial charge in [0.25, 0.3) is 0 Å². The average Bonchev–Trinajstić information content (AvgIpc) is 3.26. The lowest BCUT2D eigenvalue weighted by molar-refractivity contribution is 0.0689. The molecule has 0 aromatic carbocycles. The second-order valence-corrected chi connectivity index (χ2v) is 6.31. The van der Waals surface area contributed by atoms with Crippen molar-refractivity contribution in [2.45, 2.75) is 13.5 Å². The van der Waals surface area contributed by atoms with Crippen LogP contribution in [0.3, 0.4) is 0 Å². The predicted octanol–water partition coefficient (Wildman–Crippen LogP) is 3.31. The van der Waals surface area contributed by atoms with E-state index in [0.29, 0.717) is 6.54 Å². The maximum absolute atomic E-state index is 11.1. The van der Waals surface area contributed by atoms with Crippen LogP contribution in [0.4, 0.5) is 0 Å². The molecule has 0 atom stereocenters. The Kier molecular flexibility index (Phi) is 3.42. The molecular formula is C17H14N4O2S. The van der Waals surface area contributed by atoms with E-state index in [1.54, 1.807) is 22.1 Å². The van der Waals surface area contributed by atoms with Gasteiger partial charge >= 0.3 is 5.97 Å². The maximum atomic E-state index is 11.1. The van der Waals surface area contributed by atoms with Crippen molar-refractivity contribution in [1.29, 1.82) is 0 Å². The number of aromatic carboxylic acids is 1. The van der Waals surface area contributed by atoms with Crippen LogP contribution in [0.15, 0.2) is 47.2 Å². The number of hydrogen-bond acceptors (Lipinski definition) is 4. The quantitative estimate of drug-likeness (QED) is 0.619. The first kappa shape index (κ1) is 14.6. The predicted molar refractivity (Wildman–Crippen MR) is 91.5 cm³/mol.